The van der Waals surface area contributed by atoms with Crippen LogP contribution in [0, 0.1) is 18.8 Å². The second-order valence-electron chi connectivity index (χ2n) is 9.01. The molecule has 182 valence electrons. The molecule has 0 aromatic carbocycles. The van der Waals surface area contributed by atoms with Crippen molar-refractivity contribution in [2.24, 2.45) is 10.9 Å². The lowest BCUT2D eigenvalue weighted by Gasteiger charge is -2.24. The van der Waals surface area contributed by atoms with Crippen molar-refractivity contribution >= 4 is 23.0 Å². The minimum Gasteiger partial charge on any atom is -0.485 e. The van der Waals surface area contributed by atoms with Crippen LogP contribution >= 0.6 is 11.6 Å². The molecule has 7 nitrogen and oxygen atoms in total. The van der Waals surface area contributed by atoms with Crippen molar-refractivity contribution in [3.05, 3.63) is 92.6 Å². The van der Waals surface area contributed by atoms with Crippen molar-refractivity contribution in [1.82, 2.24) is 14.5 Å². The zero-order valence-corrected chi connectivity index (χ0v) is 20.7. The Morgan fingerprint density at radius 3 is 2.69 bits per heavy atom. The van der Waals surface area contributed by atoms with Crippen molar-refractivity contribution in [2.75, 3.05) is 6.54 Å². The number of dihydropyridines is 1. The third kappa shape index (κ3) is 5.33. The monoisotopic (exact) mass is 496 g/mol. The van der Waals surface area contributed by atoms with E-state index in [2.05, 4.69) is 15.0 Å². The Hall–Kier alpha value is -3.36. The van der Waals surface area contributed by atoms with Crippen LogP contribution < -0.4 is 10.3 Å². The van der Waals surface area contributed by atoms with E-state index in [-0.39, 0.29) is 23.3 Å². The largest absolute Gasteiger partial charge is 0.485 e. The summed E-state index contributed by atoms with van der Waals surface area (Å²) in [5.41, 5.74) is 1.96. The first-order valence-corrected chi connectivity index (χ1v) is 11.6. The Balaban J connectivity index is 1.68. The van der Waals surface area contributed by atoms with Crippen LogP contribution in [-0.4, -0.2) is 31.9 Å². The summed E-state index contributed by atoms with van der Waals surface area (Å²) >= 11 is 6.41. The van der Waals surface area contributed by atoms with E-state index < -0.39 is 17.1 Å². The minimum atomic E-state index is -1.09. The van der Waals surface area contributed by atoms with Gasteiger partial charge in [0.1, 0.15) is 23.0 Å². The van der Waals surface area contributed by atoms with Gasteiger partial charge >= 0.3 is 0 Å². The molecule has 9 heteroatoms. The van der Waals surface area contributed by atoms with Gasteiger partial charge in [0, 0.05) is 29.9 Å². The van der Waals surface area contributed by atoms with Gasteiger partial charge in [0.25, 0.3) is 5.56 Å². The minimum absolute atomic E-state index is 0.0283. The number of pyridine rings is 3. The second-order valence-corrected chi connectivity index (χ2v) is 9.39. The predicted octanol–water partition coefficient (Wildman–Crippen LogP) is 4.53. The van der Waals surface area contributed by atoms with Crippen LogP contribution in [0.2, 0.25) is 5.02 Å². The van der Waals surface area contributed by atoms with Gasteiger partial charge in [-0.15, -0.1) is 0 Å². The maximum Gasteiger partial charge on any atom is 0.277 e. The van der Waals surface area contributed by atoms with E-state index in [1.54, 1.807) is 43.5 Å². The molecule has 1 aliphatic heterocycles. The van der Waals surface area contributed by atoms with Crippen molar-refractivity contribution in [3.8, 4) is 5.75 Å². The summed E-state index contributed by atoms with van der Waals surface area (Å²) in [6, 6.07) is 11.5. The van der Waals surface area contributed by atoms with Crippen LogP contribution in [0.4, 0.5) is 4.39 Å². The summed E-state index contributed by atoms with van der Waals surface area (Å²) in [4.78, 5) is 26.3. The summed E-state index contributed by atoms with van der Waals surface area (Å²) in [6.07, 6.45) is 1.83. The first kappa shape index (κ1) is 24.8. The summed E-state index contributed by atoms with van der Waals surface area (Å²) in [5.74, 6) is -0.456. The maximum absolute atomic E-state index is 13.4. The van der Waals surface area contributed by atoms with Crippen molar-refractivity contribution in [3.63, 3.8) is 0 Å². The number of nitrogens with zero attached hydrogens (tertiary/aromatic N) is 4. The van der Waals surface area contributed by atoms with E-state index in [9.17, 15) is 14.3 Å². The number of hydrogen-bond donors (Lipinski definition) is 1. The van der Waals surface area contributed by atoms with Gasteiger partial charge < -0.3 is 9.84 Å². The molecule has 35 heavy (non-hydrogen) atoms. The molecule has 0 aliphatic carbocycles. The number of aromatic nitrogens is 3. The predicted molar refractivity (Wildman–Crippen MR) is 133 cm³/mol. The van der Waals surface area contributed by atoms with Crippen LogP contribution in [0.15, 0.2) is 58.3 Å². The molecule has 4 heterocycles. The summed E-state index contributed by atoms with van der Waals surface area (Å²) in [6.45, 7) is 7.54. The highest BCUT2D eigenvalue weighted by atomic mass is 35.5. The lowest BCUT2D eigenvalue weighted by Crippen LogP contribution is -2.29. The molecule has 1 N–H and O–H groups in total. The molecule has 0 saturated carbocycles. The number of aliphatic hydroxyl groups is 1. The third-order valence-corrected chi connectivity index (χ3v) is 6.02. The molecule has 0 amide bonds. The fraction of sp³-hybridized carbons (Fsp3) is 0.308. The van der Waals surface area contributed by atoms with Crippen LogP contribution in [0.3, 0.4) is 0 Å². The van der Waals surface area contributed by atoms with Gasteiger partial charge in [0.05, 0.1) is 22.8 Å². The van der Waals surface area contributed by atoms with Crippen LogP contribution in [0.1, 0.15) is 43.5 Å². The zero-order chi connectivity index (χ0) is 25.3. The highest BCUT2D eigenvalue weighted by molar-refractivity contribution is 6.31. The van der Waals surface area contributed by atoms with Gasteiger partial charge in [0.15, 0.2) is 0 Å². The third-order valence-electron chi connectivity index (χ3n) is 5.67. The molecule has 0 unspecified atom stereocenters. The van der Waals surface area contributed by atoms with E-state index in [0.29, 0.717) is 35.0 Å². The molecule has 0 spiro atoms. The smallest absolute Gasteiger partial charge is 0.277 e. The normalized spacial score (nSPS) is 16.0. The van der Waals surface area contributed by atoms with Crippen molar-refractivity contribution in [2.45, 2.75) is 39.9 Å². The summed E-state index contributed by atoms with van der Waals surface area (Å²) in [7, 11) is 0. The fourth-order valence-electron chi connectivity index (χ4n) is 3.80. The van der Waals surface area contributed by atoms with E-state index in [1.807, 2.05) is 25.1 Å². The Bertz CT molecular complexity index is 1390. The average molecular weight is 497 g/mol. The molecule has 1 atom stereocenters. The van der Waals surface area contributed by atoms with Crippen LogP contribution in [0.5, 0.6) is 5.75 Å². The molecule has 0 radical (unpaired) electrons. The van der Waals surface area contributed by atoms with E-state index in [0.717, 1.165) is 5.70 Å². The number of aliphatic imine (C=N–C) groups is 1. The quantitative estimate of drug-likeness (QED) is 0.506. The SMILES string of the molecule is Cc1cc(OCc2cccc(F)n2)c(Cl)c(=O)n1C1=CC(c2cccc(C(C)(C)O)n2)=NC[C@H]1C. The maximum atomic E-state index is 13.4. The Labute approximate surface area is 207 Å². The van der Waals surface area contributed by atoms with E-state index >= 15 is 0 Å². The first-order valence-electron chi connectivity index (χ1n) is 11.2. The molecule has 3 aromatic heterocycles. The van der Waals surface area contributed by atoms with E-state index in [1.165, 1.54) is 12.1 Å². The average Bonchev–Trinajstić information content (AvgIpc) is 2.81. The highest BCUT2D eigenvalue weighted by Gasteiger charge is 2.24. The number of hydrogen-bond acceptors (Lipinski definition) is 6. The van der Waals surface area contributed by atoms with Gasteiger partial charge in [-0.05, 0) is 51.1 Å². The first-order chi connectivity index (χ1) is 16.5. The Morgan fingerprint density at radius 2 is 1.97 bits per heavy atom. The molecule has 4 rings (SSSR count). The molecular formula is C26H26ClFN4O3. The van der Waals surface area contributed by atoms with Gasteiger partial charge in [0.2, 0.25) is 5.95 Å². The fourth-order valence-corrected chi connectivity index (χ4v) is 4.00. The number of rotatable bonds is 6. The topological polar surface area (TPSA) is 89.6 Å². The summed E-state index contributed by atoms with van der Waals surface area (Å²) in [5, 5.41) is 10.3. The molecule has 0 saturated heterocycles. The van der Waals surface area contributed by atoms with Crippen molar-refractivity contribution in [1.29, 1.82) is 0 Å². The molecule has 3 aromatic rings. The molecule has 0 bridgehead atoms. The summed E-state index contributed by atoms with van der Waals surface area (Å²) < 4.78 is 20.6. The van der Waals surface area contributed by atoms with Gasteiger partial charge in [-0.25, -0.2) is 9.97 Å². The van der Waals surface area contributed by atoms with Gasteiger partial charge in [-0.2, -0.15) is 4.39 Å². The Kier molecular flexibility index (Phi) is 6.87. The van der Waals surface area contributed by atoms with Crippen LogP contribution in [-0.2, 0) is 12.2 Å². The van der Waals surface area contributed by atoms with Gasteiger partial charge in [-0.1, -0.05) is 30.7 Å². The second kappa shape index (κ2) is 9.71. The number of aryl methyl sites for hydroxylation is 1. The van der Waals surface area contributed by atoms with Gasteiger partial charge in [-0.3, -0.25) is 14.4 Å². The number of ether oxygens (including phenoxy) is 1. The zero-order valence-electron chi connectivity index (χ0n) is 19.9. The number of allylic oxidation sites excluding steroid dienone is 1. The number of halogens is 2. The molecule has 1 aliphatic rings. The molecule has 0 fully saturated rings. The lowest BCUT2D eigenvalue weighted by molar-refractivity contribution is 0.0738. The molecular weight excluding hydrogens is 471 g/mol. The standard InChI is InChI=1S/C26H26ClFN4O3/c1-15-13-29-19(18-8-6-9-22(31-18)26(3,4)34)12-20(15)32-16(2)11-21(24(27)25(32)33)35-14-17-7-5-10-23(28)30-17/h5-12,15,34H,13-14H2,1-4H3/t15-/m1/s1. The highest BCUT2D eigenvalue weighted by Crippen LogP contribution is 2.28. The van der Waals surface area contributed by atoms with Crippen molar-refractivity contribution < 1.29 is 14.2 Å². The lowest BCUT2D eigenvalue weighted by atomic mass is 9.99. The Morgan fingerprint density at radius 1 is 1.23 bits per heavy atom. The van der Waals surface area contributed by atoms with E-state index in [4.69, 9.17) is 16.3 Å². The van der Waals surface area contributed by atoms with Crippen LogP contribution in [0.25, 0.3) is 5.70 Å².